The summed E-state index contributed by atoms with van der Waals surface area (Å²) < 4.78 is 2.07. The van der Waals surface area contributed by atoms with Gasteiger partial charge >= 0.3 is 0 Å². The SMILES string of the molecule is Cn1nc2ccc(CN)cc2c1C1CCCC1. The van der Waals surface area contributed by atoms with Crippen LogP contribution in [-0.4, -0.2) is 9.78 Å². The van der Waals surface area contributed by atoms with Gasteiger partial charge in [0.1, 0.15) is 0 Å². The van der Waals surface area contributed by atoms with Gasteiger partial charge in [0.15, 0.2) is 0 Å². The molecule has 90 valence electrons. The third-order valence-electron chi connectivity index (χ3n) is 3.92. The van der Waals surface area contributed by atoms with E-state index in [2.05, 4.69) is 35.0 Å². The Kier molecular flexibility index (Phi) is 2.63. The highest BCUT2D eigenvalue weighted by Gasteiger charge is 2.22. The average molecular weight is 229 g/mol. The number of fused-ring (bicyclic) bond motifs is 1. The topological polar surface area (TPSA) is 43.8 Å². The van der Waals surface area contributed by atoms with E-state index in [1.54, 1.807) is 0 Å². The lowest BCUT2D eigenvalue weighted by Gasteiger charge is -2.10. The molecule has 1 aliphatic rings. The molecule has 1 heterocycles. The first kappa shape index (κ1) is 10.8. The van der Waals surface area contributed by atoms with E-state index in [-0.39, 0.29) is 0 Å². The third-order valence-corrected chi connectivity index (χ3v) is 3.92. The molecule has 1 aromatic heterocycles. The Morgan fingerprint density at radius 3 is 2.82 bits per heavy atom. The molecule has 3 rings (SSSR count). The van der Waals surface area contributed by atoms with Crippen molar-refractivity contribution < 1.29 is 0 Å². The number of hydrogen-bond donors (Lipinski definition) is 1. The number of nitrogens with zero attached hydrogens (tertiary/aromatic N) is 2. The van der Waals surface area contributed by atoms with Crippen molar-refractivity contribution in [2.45, 2.75) is 38.1 Å². The molecular weight excluding hydrogens is 210 g/mol. The van der Waals surface area contributed by atoms with Crippen LogP contribution < -0.4 is 5.73 Å². The average Bonchev–Trinajstić information content (AvgIpc) is 2.93. The summed E-state index contributed by atoms with van der Waals surface area (Å²) in [6.07, 6.45) is 5.32. The summed E-state index contributed by atoms with van der Waals surface area (Å²) in [6, 6.07) is 6.39. The standard InChI is InChI=1S/C14H19N3/c1-17-14(11-4-2-3-5-11)12-8-10(9-15)6-7-13(12)16-17/h6-8,11H,2-5,9,15H2,1H3. The van der Waals surface area contributed by atoms with Crippen molar-refractivity contribution in [2.75, 3.05) is 0 Å². The van der Waals surface area contributed by atoms with E-state index in [0.717, 1.165) is 5.52 Å². The summed E-state index contributed by atoms with van der Waals surface area (Å²) in [4.78, 5) is 0. The van der Waals surface area contributed by atoms with Crippen molar-refractivity contribution in [2.24, 2.45) is 12.8 Å². The first-order valence-corrected chi connectivity index (χ1v) is 6.45. The van der Waals surface area contributed by atoms with Gasteiger partial charge in [-0.1, -0.05) is 18.9 Å². The van der Waals surface area contributed by atoms with Crippen molar-refractivity contribution in [3.05, 3.63) is 29.5 Å². The van der Waals surface area contributed by atoms with Crippen molar-refractivity contribution in [1.29, 1.82) is 0 Å². The van der Waals surface area contributed by atoms with Gasteiger partial charge in [0, 0.05) is 30.6 Å². The molecule has 3 nitrogen and oxygen atoms in total. The fourth-order valence-corrected chi connectivity index (χ4v) is 3.08. The zero-order chi connectivity index (χ0) is 11.8. The van der Waals surface area contributed by atoms with Gasteiger partial charge in [-0.25, -0.2) is 0 Å². The summed E-state index contributed by atoms with van der Waals surface area (Å²) in [7, 11) is 2.07. The van der Waals surface area contributed by atoms with E-state index in [0.29, 0.717) is 12.5 Å². The van der Waals surface area contributed by atoms with Crippen LogP contribution in [-0.2, 0) is 13.6 Å². The Morgan fingerprint density at radius 2 is 2.12 bits per heavy atom. The molecule has 0 amide bonds. The first-order chi connectivity index (χ1) is 8.29. The molecule has 1 saturated carbocycles. The van der Waals surface area contributed by atoms with Gasteiger partial charge in [0.05, 0.1) is 5.52 Å². The van der Waals surface area contributed by atoms with Crippen LogP contribution >= 0.6 is 0 Å². The summed E-state index contributed by atoms with van der Waals surface area (Å²) in [5, 5.41) is 5.92. The van der Waals surface area contributed by atoms with E-state index in [1.807, 2.05) is 0 Å². The highest BCUT2D eigenvalue weighted by atomic mass is 15.3. The second-order valence-corrected chi connectivity index (χ2v) is 5.05. The Morgan fingerprint density at radius 1 is 1.35 bits per heavy atom. The lowest BCUT2D eigenvalue weighted by Crippen LogP contribution is -2.02. The molecule has 0 saturated heterocycles. The fourth-order valence-electron chi connectivity index (χ4n) is 3.08. The van der Waals surface area contributed by atoms with Gasteiger partial charge in [-0.3, -0.25) is 4.68 Å². The molecule has 0 unspecified atom stereocenters. The second-order valence-electron chi connectivity index (χ2n) is 5.05. The number of aryl methyl sites for hydroxylation is 1. The Bertz CT molecular complexity index is 536. The Balaban J connectivity index is 2.17. The van der Waals surface area contributed by atoms with E-state index in [1.165, 1.54) is 42.3 Å². The third kappa shape index (κ3) is 1.75. The Labute approximate surface area is 102 Å². The highest BCUT2D eigenvalue weighted by Crippen LogP contribution is 2.37. The van der Waals surface area contributed by atoms with Crippen LogP contribution in [0, 0.1) is 0 Å². The maximum Gasteiger partial charge on any atom is 0.0926 e. The largest absolute Gasteiger partial charge is 0.326 e. The Hall–Kier alpha value is -1.35. The molecule has 1 aromatic carbocycles. The molecule has 17 heavy (non-hydrogen) atoms. The normalized spacial score (nSPS) is 17.1. The minimum Gasteiger partial charge on any atom is -0.326 e. The predicted octanol–water partition coefficient (Wildman–Crippen LogP) is 2.69. The minimum absolute atomic E-state index is 0.606. The number of benzene rings is 1. The van der Waals surface area contributed by atoms with Gasteiger partial charge in [-0.05, 0) is 30.5 Å². The maximum atomic E-state index is 5.72. The highest BCUT2D eigenvalue weighted by molar-refractivity contribution is 5.83. The summed E-state index contributed by atoms with van der Waals surface area (Å²) >= 11 is 0. The second kappa shape index (κ2) is 4.15. The quantitative estimate of drug-likeness (QED) is 0.860. The number of rotatable bonds is 2. The maximum absolute atomic E-state index is 5.72. The molecule has 3 heteroatoms. The molecular formula is C14H19N3. The van der Waals surface area contributed by atoms with E-state index in [9.17, 15) is 0 Å². The van der Waals surface area contributed by atoms with Crippen LogP contribution in [0.1, 0.15) is 42.9 Å². The molecule has 2 N–H and O–H groups in total. The van der Waals surface area contributed by atoms with E-state index < -0.39 is 0 Å². The molecule has 0 atom stereocenters. The lowest BCUT2D eigenvalue weighted by molar-refractivity contribution is 0.623. The first-order valence-electron chi connectivity index (χ1n) is 6.45. The minimum atomic E-state index is 0.606. The van der Waals surface area contributed by atoms with E-state index >= 15 is 0 Å². The molecule has 0 bridgehead atoms. The molecule has 1 aliphatic carbocycles. The monoisotopic (exact) mass is 229 g/mol. The van der Waals surface area contributed by atoms with Gasteiger partial charge in [-0.2, -0.15) is 5.10 Å². The van der Waals surface area contributed by atoms with Crippen LogP contribution in [0.15, 0.2) is 18.2 Å². The van der Waals surface area contributed by atoms with Crippen molar-refractivity contribution in [3.8, 4) is 0 Å². The van der Waals surface area contributed by atoms with Crippen molar-refractivity contribution in [3.63, 3.8) is 0 Å². The van der Waals surface area contributed by atoms with Crippen LogP contribution in [0.25, 0.3) is 10.9 Å². The molecule has 2 aromatic rings. The number of aromatic nitrogens is 2. The zero-order valence-electron chi connectivity index (χ0n) is 10.3. The number of hydrogen-bond acceptors (Lipinski definition) is 2. The predicted molar refractivity (Wildman–Crippen MR) is 69.8 cm³/mol. The van der Waals surface area contributed by atoms with Gasteiger partial charge < -0.3 is 5.73 Å². The molecule has 0 spiro atoms. The summed E-state index contributed by atoms with van der Waals surface area (Å²) in [6.45, 7) is 0.606. The number of nitrogens with two attached hydrogens (primary N) is 1. The van der Waals surface area contributed by atoms with Gasteiger partial charge in [-0.15, -0.1) is 0 Å². The zero-order valence-corrected chi connectivity index (χ0v) is 10.3. The van der Waals surface area contributed by atoms with Crippen LogP contribution in [0.2, 0.25) is 0 Å². The summed E-state index contributed by atoms with van der Waals surface area (Å²) in [5.74, 6) is 0.693. The van der Waals surface area contributed by atoms with Crippen LogP contribution in [0.4, 0.5) is 0 Å². The molecule has 0 aliphatic heterocycles. The van der Waals surface area contributed by atoms with Crippen molar-refractivity contribution >= 4 is 10.9 Å². The lowest BCUT2D eigenvalue weighted by atomic mass is 9.99. The van der Waals surface area contributed by atoms with Gasteiger partial charge in [0.2, 0.25) is 0 Å². The smallest absolute Gasteiger partial charge is 0.0926 e. The van der Waals surface area contributed by atoms with E-state index in [4.69, 9.17) is 5.73 Å². The van der Waals surface area contributed by atoms with Gasteiger partial charge in [0.25, 0.3) is 0 Å². The summed E-state index contributed by atoms with van der Waals surface area (Å²) in [5.41, 5.74) is 9.44. The van der Waals surface area contributed by atoms with Crippen molar-refractivity contribution in [1.82, 2.24) is 9.78 Å². The fraction of sp³-hybridized carbons (Fsp3) is 0.500. The van der Waals surface area contributed by atoms with Crippen LogP contribution in [0.5, 0.6) is 0 Å². The van der Waals surface area contributed by atoms with Crippen LogP contribution in [0.3, 0.4) is 0 Å². The molecule has 0 radical (unpaired) electrons. The molecule has 1 fully saturated rings.